The summed E-state index contributed by atoms with van der Waals surface area (Å²) in [5.41, 5.74) is 0.672. The Labute approximate surface area is 125 Å². The molecule has 1 unspecified atom stereocenters. The first-order chi connectivity index (χ1) is 9.93. The molecule has 0 saturated heterocycles. The topological polar surface area (TPSA) is 52.6 Å². The zero-order valence-electron chi connectivity index (χ0n) is 12.6. The standard InChI is InChI=1S/C16H21FN2O2/c1-12(11-19(2)3)18-16(21)15-10-14(17)8-7-13(15)6-4-5-9-20/h7-8,10,12,20H,5,9,11H2,1-3H3,(H,18,21). The highest BCUT2D eigenvalue weighted by molar-refractivity contribution is 5.96. The van der Waals surface area contributed by atoms with Gasteiger partial charge in [-0.25, -0.2) is 4.39 Å². The number of rotatable bonds is 5. The molecule has 5 heteroatoms. The first-order valence-corrected chi connectivity index (χ1v) is 6.79. The molecule has 0 aliphatic carbocycles. The minimum absolute atomic E-state index is 0.0460. The van der Waals surface area contributed by atoms with Crippen LogP contribution in [-0.2, 0) is 0 Å². The SMILES string of the molecule is CC(CN(C)C)NC(=O)c1cc(F)ccc1C#CCCO. The fourth-order valence-electron chi connectivity index (χ4n) is 1.92. The Morgan fingerprint density at radius 3 is 2.81 bits per heavy atom. The number of aliphatic hydroxyl groups is 1. The highest BCUT2D eigenvalue weighted by Gasteiger charge is 2.14. The van der Waals surface area contributed by atoms with Crippen LogP contribution in [0.5, 0.6) is 0 Å². The van der Waals surface area contributed by atoms with E-state index in [2.05, 4.69) is 17.2 Å². The van der Waals surface area contributed by atoms with E-state index < -0.39 is 5.82 Å². The smallest absolute Gasteiger partial charge is 0.252 e. The summed E-state index contributed by atoms with van der Waals surface area (Å²) in [4.78, 5) is 14.2. The van der Waals surface area contributed by atoms with Crippen molar-refractivity contribution < 1.29 is 14.3 Å². The lowest BCUT2D eigenvalue weighted by Gasteiger charge is -2.18. The summed E-state index contributed by atoms with van der Waals surface area (Å²) in [7, 11) is 3.83. The highest BCUT2D eigenvalue weighted by Crippen LogP contribution is 2.11. The van der Waals surface area contributed by atoms with Crippen LogP contribution in [0.25, 0.3) is 0 Å². The Morgan fingerprint density at radius 1 is 1.48 bits per heavy atom. The summed E-state index contributed by atoms with van der Waals surface area (Å²) in [6, 6.07) is 3.86. The van der Waals surface area contributed by atoms with Gasteiger partial charge in [-0.3, -0.25) is 4.79 Å². The molecule has 0 aromatic heterocycles. The predicted molar refractivity (Wildman–Crippen MR) is 80.5 cm³/mol. The van der Waals surface area contributed by atoms with Gasteiger partial charge >= 0.3 is 0 Å². The first-order valence-electron chi connectivity index (χ1n) is 6.79. The van der Waals surface area contributed by atoms with Crippen LogP contribution in [0.1, 0.15) is 29.3 Å². The number of nitrogens with one attached hydrogen (secondary N) is 1. The molecule has 1 atom stereocenters. The Morgan fingerprint density at radius 2 is 2.19 bits per heavy atom. The van der Waals surface area contributed by atoms with Gasteiger partial charge in [0.1, 0.15) is 5.82 Å². The molecule has 0 saturated carbocycles. The number of carbonyl (C=O) groups excluding carboxylic acids is 1. The summed E-state index contributed by atoms with van der Waals surface area (Å²) in [5, 5.41) is 11.5. The third-order valence-corrected chi connectivity index (χ3v) is 2.70. The van der Waals surface area contributed by atoms with E-state index in [1.807, 2.05) is 25.9 Å². The second-order valence-corrected chi connectivity index (χ2v) is 5.10. The lowest BCUT2D eigenvalue weighted by atomic mass is 10.1. The number of hydrogen-bond donors (Lipinski definition) is 2. The average molecular weight is 292 g/mol. The first kappa shape index (κ1) is 17.2. The van der Waals surface area contributed by atoms with Crippen LogP contribution in [0.15, 0.2) is 18.2 Å². The second kappa shape index (κ2) is 8.40. The molecule has 4 nitrogen and oxygen atoms in total. The van der Waals surface area contributed by atoms with Crippen LogP contribution in [0.4, 0.5) is 4.39 Å². The molecule has 0 heterocycles. The number of nitrogens with zero attached hydrogens (tertiary/aromatic N) is 1. The van der Waals surface area contributed by atoms with E-state index in [-0.39, 0.29) is 24.1 Å². The maximum absolute atomic E-state index is 13.4. The molecule has 21 heavy (non-hydrogen) atoms. The van der Waals surface area contributed by atoms with Gasteiger partial charge in [-0.1, -0.05) is 11.8 Å². The molecule has 114 valence electrons. The van der Waals surface area contributed by atoms with Crippen molar-refractivity contribution in [1.29, 1.82) is 0 Å². The maximum atomic E-state index is 13.4. The molecule has 0 fully saturated rings. The van der Waals surface area contributed by atoms with Gasteiger partial charge in [0.15, 0.2) is 0 Å². The van der Waals surface area contributed by atoms with E-state index in [0.29, 0.717) is 18.5 Å². The van der Waals surface area contributed by atoms with Crippen molar-refractivity contribution in [2.45, 2.75) is 19.4 Å². The normalized spacial score (nSPS) is 11.7. The predicted octanol–water partition coefficient (Wildman–Crippen LogP) is 1.24. The monoisotopic (exact) mass is 292 g/mol. The summed E-state index contributed by atoms with van der Waals surface area (Å²) in [6.45, 7) is 2.52. The van der Waals surface area contributed by atoms with E-state index in [4.69, 9.17) is 5.11 Å². The van der Waals surface area contributed by atoms with Crippen molar-refractivity contribution in [2.24, 2.45) is 0 Å². The van der Waals surface area contributed by atoms with Crippen LogP contribution in [0.2, 0.25) is 0 Å². The molecule has 0 bridgehead atoms. The fraction of sp³-hybridized carbons (Fsp3) is 0.438. The summed E-state index contributed by atoms with van der Waals surface area (Å²) < 4.78 is 13.4. The minimum Gasteiger partial charge on any atom is -0.395 e. The van der Waals surface area contributed by atoms with E-state index in [0.717, 1.165) is 0 Å². The summed E-state index contributed by atoms with van der Waals surface area (Å²) in [5.74, 6) is 4.70. The average Bonchev–Trinajstić information content (AvgIpc) is 2.39. The number of likely N-dealkylation sites (N-methyl/N-ethyl adjacent to an activating group) is 1. The molecule has 0 spiro atoms. The molecule has 1 aromatic rings. The molecule has 1 rings (SSSR count). The molecular formula is C16H21FN2O2. The molecule has 2 N–H and O–H groups in total. The number of carbonyl (C=O) groups is 1. The van der Waals surface area contributed by atoms with Crippen molar-refractivity contribution in [3.8, 4) is 11.8 Å². The van der Waals surface area contributed by atoms with Gasteiger partial charge in [-0.2, -0.15) is 0 Å². The molecule has 0 aliphatic heterocycles. The molecule has 0 aliphatic rings. The van der Waals surface area contributed by atoms with Gasteiger partial charge in [0.2, 0.25) is 0 Å². The van der Waals surface area contributed by atoms with Crippen molar-refractivity contribution >= 4 is 5.91 Å². The van der Waals surface area contributed by atoms with Gasteiger partial charge in [0.05, 0.1) is 12.2 Å². The van der Waals surface area contributed by atoms with Crippen molar-refractivity contribution in [3.05, 3.63) is 35.1 Å². The molecule has 1 aromatic carbocycles. The lowest BCUT2D eigenvalue weighted by molar-refractivity contribution is 0.0933. The molecular weight excluding hydrogens is 271 g/mol. The summed E-state index contributed by atoms with van der Waals surface area (Å²) >= 11 is 0. The number of amides is 1. The van der Waals surface area contributed by atoms with Crippen LogP contribution < -0.4 is 5.32 Å². The minimum atomic E-state index is -0.479. The van der Waals surface area contributed by atoms with Gasteiger partial charge in [-0.05, 0) is 39.2 Å². The zero-order valence-corrected chi connectivity index (χ0v) is 12.6. The lowest BCUT2D eigenvalue weighted by Crippen LogP contribution is -2.39. The Hall–Kier alpha value is -1.90. The quantitative estimate of drug-likeness (QED) is 0.803. The van der Waals surface area contributed by atoms with Gasteiger partial charge in [0, 0.05) is 24.6 Å². The van der Waals surface area contributed by atoms with Gasteiger partial charge < -0.3 is 15.3 Å². The third kappa shape index (κ3) is 5.94. The van der Waals surface area contributed by atoms with Gasteiger partial charge in [-0.15, -0.1) is 0 Å². The van der Waals surface area contributed by atoms with Gasteiger partial charge in [0.25, 0.3) is 5.91 Å². The van der Waals surface area contributed by atoms with Crippen LogP contribution in [0.3, 0.4) is 0 Å². The fourth-order valence-corrected chi connectivity index (χ4v) is 1.92. The van der Waals surface area contributed by atoms with E-state index in [1.165, 1.54) is 18.2 Å². The van der Waals surface area contributed by atoms with Crippen LogP contribution >= 0.6 is 0 Å². The van der Waals surface area contributed by atoms with Crippen molar-refractivity contribution in [1.82, 2.24) is 10.2 Å². The van der Waals surface area contributed by atoms with Crippen LogP contribution in [-0.4, -0.2) is 49.2 Å². The van der Waals surface area contributed by atoms with E-state index >= 15 is 0 Å². The largest absolute Gasteiger partial charge is 0.395 e. The van der Waals surface area contributed by atoms with Crippen molar-refractivity contribution in [2.75, 3.05) is 27.2 Å². The molecule has 1 amide bonds. The number of hydrogen-bond acceptors (Lipinski definition) is 3. The molecule has 0 radical (unpaired) electrons. The Bertz CT molecular complexity index is 547. The second-order valence-electron chi connectivity index (χ2n) is 5.10. The zero-order chi connectivity index (χ0) is 15.8. The summed E-state index contributed by atoms with van der Waals surface area (Å²) in [6.07, 6.45) is 0.315. The van der Waals surface area contributed by atoms with E-state index in [1.54, 1.807) is 0 Å². The third-order valence-electron chi connectivity index (χ3n) is 2.70. The highest BCUT2D eigenvalue weighted by atomic mass is 19.1. The van der Waals surface area contributed by atoms with Crippen molar-refractivity contribution in [3.63, 3.8) is 0 Å². The number of halogens is 1. The maximum Gasteiger partial charge on any atom is 0.252 e. The number of benzene rings is 1. The van der Waals surface area contributed by atoms with Crippen LogP contribution in [0, 0.1) is 17.7 Å². The number of aliphatic hydroxyl groups excluding tert-OH is 1. The Balaban J connectivity index is 2.92. The Kier molecular flexibility index (Phi) is 6.86. The van der Waals surface area contributed by atoms with E-state index in [9.17, 15) is 9.18 Å².